The molecule has 1 aliphatic rings. The van der Waals surface area contributed by atoms with Gasteiger partial charge in [0.25, 0.3) is 0 Å². The number of fused-ring (bicyclic) bond motifs is 1. The Morgan fingerprint density at radius 3 is 2.62 bits per heavy atom. The summed E-state index contributed by atoms with van der Waals surface area (Å²) in [6, 6.07) is 10.9. The summed E-state index contributed by atoms with van der Waals surface area (Å²) in [4.78, 5) is 12.5. The third-order valence-corrected chi connectivity index (χ3v) is 3.77. The monoisotopic (exact) mass is 287 g/mol. The molecule has 0 spiro atoms. The number of Topliss-reactive ketones (excluding diaryl/α,β-unsaturated/α-hetero) is 1. The SMILES string of the molecule is O=C(Cc1cc(F)cc(F)c1)C1CCNc2ccccc21. The highest BCUT2D eigenvalue weighted by Crippen LogP contribution is 2.32. The van der Waals surface area contributed by atoms with E-state index in [0.717, 1.165) is 23.9 Å². The molecule has 3 rings (SSSR count). The van der Waals surface area contributed by atoms with E-state index < -0.39 is 11.6 Å². The molecule has 0 aliphatic carbocycles. The quantitative estimate of drug-likeness (QED) is 0.933. The minimum atomic E-state index is -0.650. The van der Waals surface area contributed by atoms with E-state index in [0.29, 0.717) is 12.0 Å². The molecule has 2 nitrogen and oxygen atoms in total. The van der Waals surface area contributed by atoms with E-state index in [2.05, 4.69) is 5.32 Å². The normalized spacial score (nSPS) is 17.0. The van der Waals surface area contributed by atoms with E-state index in [1.54, 1.807) is 0 Å². The number of ketones is 1. The van der Waals surface area contributed by atoms with Gasteiger partial charge in [-0.2, -0.15) is 0 Å². The third-order valence-electron chi connectivity index (χ3n) is 3.77. The van der Waals surface area contributed by atoms with Crippen LogP contribution in [0.15, 0.2) is 42.5 Å². The molecule has 0 radical (unpaired) electrons. The molecule has 2 aromatic carbocycles. The lowest BCUT2D eigenvalue weighted by Gasteiger charge is -2.25. The van der Waals surface area contributed by atoms with Gasteiger partial charge in [0, 0.05) is 30.6 Å². The maximum absolute atomic E-state index is 13.2. The third kappa shape index (κ3) is 2.94. The van der Waals surface area contributed by atoms with Gasteiger partial charge in [0.15, 0.2) is 0 Å². The standard InChI is InChI=1S/C17H15F2NO/c18-12-7-11(8-13(19)10-12)9-17(21)15-5-6-20-16-4-2-1-3-14(15)16/h1-4,7-8,10,15,20H,5-6,9H2. The second-order valence-corrected chi connectivity index (χ2v) is 5.28. The Morgan fingerprint density at radius 1 is 1.14 bits per heavy atom. The van der Waals surface area contributed by atoms with Crippen LogP contribution in [0.3, 0.4) is 0 Å². The average Bonchev–Trinajstić information content (AvgIpc) is 2.45. The average molecular weight is 287 g/mol. The lowest BCUT2D eigenvalue weighted by atomic mass is 9.85. The first kappa shape index (κ1) is 13.7. The predicted octanol–water partition coefficient (Wildman–Crippen LogP) is 3.68. The molecule has 1 atom stereocenters. The number of hydrogen-bond acceptors (Lipinski definition) is 2. The summed E-state index contributed by atoms with van der Waals surface area (Å²) in [5.74, 6) is -1.52. The largest absolute Gasteiger partial charge is 0.385 e. The molecule has 0 fully saturated rings. The van der Waals surface area contributed by atoms with Crippen LogP contribution in [0.1, 0.15) is 23.5 Å². The number of carbonyl (C=O) groups is 1. The van der Waals surface area contributed by atoms with Crippen molar-refractivity contribution in [1.29, 1.82) is 0 Å². The Bertz CT molecular complexity index is 664. The lowest BCUT2D eigenvalue weighted by Crippen LogP contribution is -2.24. The van der Waals surface area contributed by atoms with Crippen LogP contribution in [0, 0.1) is 11.6 Å². The highest BCUT2D eigenvalue weighted by molar-refractivity contribution is 5.89. The number of para-hydroxylation sites is 1. The Kier molecular flexibility index (Phi) is 3.69. The summed E-state index contributed by atoms with van der Waals surface area (Å²) in [6.07, 6.45) is 0.751. The van der Waals surface area contributed by atoms with Crippen molar-refractivity contribution in [3.05, 3.63) is 65.2 Å². The molecule has 0 amide bonds. The number of nitrogens with one attached hydrogen (secondary N) is 1. The maximum Gasteiger partial charge on any atom is 0.144 e. The first-order chi connectivity index (χ1) is 10.1. The molecule has 1 unspecified atom stereocenters. The zero-order valence-corrected chi connectivity index (χ0v) is 11.4. The fourth-order valence-corrected chi connectivity index (χ4v) is 2.84. The van der Waals surface area contributed by atoms with Crippen molar-refractivity contribution < 1.29 is 13.6 Å². The number of rotatable bonds is 3. The second-order valence-electron chi connectivity index (χ2n) is 5.28. The number of anilines is 1. The molecule has 1 heterocycles. The molecule has 0 saturated carbocycles. The highest BCUT2D eigenvalue weighted by Gasteiger charge is 2.26. The van der Waals surface area contributed by atoms with Gasteiger partial charge < -0.3 is 5.32 Å². The van der Waals surface area contributed by atoms with Gasteiger partial charge in [-0.25, -0.2) is 8.78 Å². The van der Waals surface area contributed by atoms with Gasteiger partial charge in [0.05, 0.1) is 0 Å². The van der Waals surface area contributed by atoms with E-state index in [9.17, 15) is 13.6 Å². The van der Waals surface area contributed by atoms with Crippen LogP contribution in [0.2, 0.25) is 0 Å². The van der Waals surface area contributed by atoms with E-state index in [1.807, 2.05) is 24.3 Å². The van der Waals surface area contributed by atoms with Crippen molar-refractivity contribution >= 4 is 11.5 Å². The molecule has 4 heteroatoms. The Hall–Kier alpha value is -2.23. The summed E-state index contributed by atoms with van der Waals surface area (Å²) in [6.45, 7) is 0.727. The Labute approximate surface area is 121 Å². The number of hydrogen-bond donors (Lipinski definition) is 1. The van der Waals surface area contributed by atoms with Crippen molar-refractivity contribution in [3.8, 4) is 0 Å². The molecule has 0 saturated heterocycles. The van der Waals surface area contributed by atoms with E-state index in [4.69, 9.17) is 0 Å². The van der Waals surface area contributed by atoms with Crippen LogP contribution in [0.5, 0.6) is 0 Å². The van der Waals surface area contributed by atoms with Crippen LogP contribution in [-0.4, -0.2) is 12.3 Å². The summed E-state index contributed by atoms with van der Waals surface area (Å²) < 4.78 is 26.4. The van der Waals surface area contributed by atoms with Crippen LogP contribution in [0.4, 0.5) is 14.5 Å². The van der Waals surface area contributed by atoms with Gasteiger partial charge in [0.2, 0.25) is 0 Å². The lowest BCUT2D eigenvalue weighted by molar-refractivity contribution is -0.120. The fraction of sp³-hybridized carbons (Fsp3) is 0.235. The van der Waals surface area contributed by atoms with Crippen molar-refractivity contribution in [1.82, 2.24) is 0 Å². The van der Waals surface area contributed by atoms with Crippen LogP contribution in [-0.2, 0) is 11.2 Å². The first-order valence-electron chi connectivity index (χ1n) is 6.94. The Balaban J connectivity index is 1.83. The number of carbonyl (C=O) groups excluding carboxylic acids is 1. The van der Waals surface area contributed by atoms with E-state index in [1.165, 1.54) is 12.1 Å². The fourth-order valence-electron chi connectivity index (χ4n) is 2.84. The summed E-state index contributed by atoms with van der Waals surface area (Å²) in [5, 5.41) is 3.26. The number of halogens is 2. The molecule has 2 aromatic rings. The topological polar surface area (TPSA) is 29.1 Å². The minimum absolute atomic E-state index is 0.00560. The molecule has 1 aliphatic heterocycles. The highest BCUT2D eigenvalue weighted by atomic mass is 19.1. The van der Waals surface area contributed by atoms with Crippen molar-refractivity contribution in [3.63, 3.8) is 0 Å². The van der Waals surface area contributed by atoms with Gasteiger partial charge in [-0.1, -0.05) is 18.2 Å². The molecule has 108 valence electrons. The summed E-state index contributed by atoms with van der Waals surface area (Å²) in [5.41, 5.74) is 2.31. The summed E-state index contributed by atoms with van der Waals surface area (Å²) >= 11 is 0. The molecule has 0 bridgehead atoms. The van der Waals surface area contributed by atoms with Crippen LogP contribution in [0.25, 0.3) is 0 Å². The second kappa shape index (κ2) is 5.64. The molecule has 1 N–H and O–H groups in total. The maximum atomic E-state index is 13.2. The van der Waals surface area contributed by atoms with Gasteiger partial charge in [-0.15, -0.1) is 0 Å². The van der Waals surface area contributed by atoms with Crippen molar-refractivity contribution in [2.75, 3.05) is 11.9 Å². The minimum Gasteiger partial charge on any atom is -0.385 e. The van der Waals surface area contributed by atoms with E-state index >= 15 is 0 Å². The van der Waals surface area contributed by atoms with Gasteiger partial charge in [-0.3, -0.25) is 4.79 Å². The summed E-state index contributed by atoms with van der Waals surface area (Å²) in [7, 11) is 0. The zero-order valence-electron chi connectivity index (χ0n) is 11.4. The van der Waals surface area contributed by atoms with E-state index in [-0.39, 0.29) is 18.1 Å². The van der Waals surface area contributed by atoms with Crippen molar-refractivity contribution in [2.24, 2.45) is 0 Å². The van der Waals surface area contributed by atoms with Gasteiger partial charge in [-0.05, 0) is 35.7 Å². The first-order valence-corrected chi connectivity index (χ1v) is 6.94. The zero-order chi connectivity index (χ0) is 14.8. The van der Waals surface area contributed by atoms with Crippen molar-refractivity contribution in [2.45, 2.75) is 18.8 Å². The molecule has 21 heavy (non-hydrogen) atoms. The Morgan fingerprint density at radius 2 is 1.86 bits per heavy atom. The van der Waals surface area contributed by atoms with Crippen LogP contribution < -0.4 is 5.32 Å². The predicted molar refractivity (Wildman–Crippen MR) is 77.4 cm³/mol. The smallest absolute Gasteiger partial charge is 0.144 e. The van der Waals surface area contributed by atoms with Gasteiger partial charge in [0.1, 0.15) is 17.4 Å². The molecular formula is C17H15F2NO. The van der Waals surface area contributed by atoms with Gasteiger partial charge >= 0.3 is 0 Å². The number of benzene rings is 2. The molecular weight excluding hydrogens is 272 g/mol. The van der Waals surface area contributed by atoms with Crippen LogP contribution >= 0.6 is 0 Å². The molecule has 0 aromatic heterocycles.